The van der Waals surface area contributed by atoms with E-state index < -0.39 is 0 Å². The molecular weight excluding hydrogens is 162 g/mol. The number of rotatable bonds is 2. The van der Waals surface area contributed by atoms with Gasteiger partial charge < -0.3 is 10.1 Å². The summed E-state index contributed by atoms with van der Waals surface area (Å²) in [5.74, 6) is 0. The third-order valence-corrected chi connectivity index (χ3v) is 1.74. The van der Waals surface area contributed by atoms with Crippen LogP contribution in [0.4, 0.5) is 5.69 Å². The average Bonchev–Trinajstić information content (AvgIpc) is 2.21. The van der Waals surface area contributed by atoms with E-state index in [2.05, 4.69) is 11.4 Å². The smallest absolute Gasteiger partial charge is 0.108 e. The molecule has 1 aromatic carbocycles. The van der Waals surface area contributed by atoms with Crippen LogP contribution in [0.1, 0.15) is 0 Å². The Morgan fingerprint density at radius 2 is 2.46 bits per heavy atom. The van der Waals surface area contributed by atoms with Crippen LogP contribution in [-0.4, -0.2) is 6.61 Å². The van der Waals surface area contributed by atoms with Crippen molar-refractivity contribution in [1.82, 2.24) is 0 Å². The van der Waals surface area contributed by atoms with Gasteiger partial charge in [0.05, 0.1) is 6.26 Å². The minimum atomic E-state index is 0.634. The van der Waals surface area contributed by atoms with Gasteiger partial charge in [-0.15, -0.1) is 0 Å². The molecule has 1 aliphatic heterocycles. The van der Waals surface area contributed by atoms with Crippen molar-refractivity contribution in [3.05, 3.63) is 54.4 Å². The highest BCUT2D eigenvalue weighted by atomic mass is 16.5. The molecule has 1 N–H and O–H groups in total. The summed E-state index contributed by atoms with van der Waals surface area (Å²) in [6.07, 6.45) is 5.58. The first-order chi connectivity index (χ1) is 6.45. The topological polar surface area (TPSA) is 21.3 Å². The fourth-order valence-electron chi connectivity index (χ4n) is 1.11. The number of ether oxygens (including phenoxy) is 1. The quantitative estimate of drug-likeness (QED) is 0.739. The standard InChI is InChI=1S/C11H10NO/c1-2-4-10(5-3-1)12-11-6-8-13-9-7-11/h1-2,4-8,12H,9H2. The first-order valence-electron chi connectivity index (χ1n) is 4.16. The summed E-state index contributed by atoms with van der Waals surface area (Å²) in [5, 5.41) is 3.24. The van der Waals surface area contributed by atoms with Crippen LogP contribution in [0.5, 0.6) is 0 Å². The molecule has 2 heteroatoms. The highest BCUT2D eigenvalue weighted by Gasteiger charge is 1.96. The monoisotopic (exact) mass is 172 g/mol. The van der Waals surface area contributed by atoms with E-state index in [1.165, 1.54) is 0 Å². The van der Waals surface area contributed by atoms with Gasteiger partial charge in [0.25, 0.3) is 0 Å². The summed E-state index contributed by atoms with van der Waals surface area (Å²) >= 11 is 0. The van der Waals surface area contributed by atoms with E-state index in [4.69, 9.17) is 4.74 Å². The Morgan fingerprint density at radius 1 is 1.46 bits per heavy atom. The lowest BCUT2D eigenvalue weighted by Gasteiger charge is -2.10. The van der Waals surface area contributed by atoms with Crippen molar-refractivity contribution in [3.63, 3.8) is 0 Å². The average molecular weight is 172 g/mol. The maximum atomic E-state index is 5.03. The van der Waals surface area contributed by atoms with Crippen molar-refractivity contribution in [1.29, 1.82) is 0 Å². The molecule has 0 atom stereocenters. The van der Waals surface area contributed by atoms with Gasteiger partial charge in [-0.1, -0.05) is 12.1 Å². The zero-order valence-electron chi connectivity index (χ0n) is 7.16. The van der Waals surface area contributed by atoms with E-state index in [1.54, 1.807) is 6.26 Å². The maximum absolute atomic E-state index is 5.03. The minimum Gasteiger partial charge on any atom is -0.497 e. The summed E-state index contributed by atoms with van der Waals surface area (Å²) in [7, 11) is 0. The predicted molar refractivity (Wildman–Crippen MR) is 52.1 cm³/mol. The molecule has 2 rings (SSSR count). The van der Waals surface area contributed by atoms with Gasteiger partial charge >= 0.3 is 0 Å². The summed E-state index contributed by atoms with van der Waals surface area (Å²) < 4.78 is 5.03. The van der Waals surface area contributed by atoms with E-state index in [9.17, 15) is 0 Å². The fraction of sp³-hybridized carbons (Fsp3) is 0.0909. The van der Waals surface area contributed by atoms with Gasteiger partial charge in [0.1, 0.15) is 6.61 Å². The molecule has 13 heavy (non-hydrogen) atoms. The van der Waals surface area contributed by atoms with Crippen LogP contribution in [0.15, 0.2) is 48.4 Å². The minimum absolute atomic E-state index is 0.634. The van der Waals surface area contributed by atoms with Crippen molar-refractivity contribution in [3.8, 4) is 0 Å². The number of hydrogen-bond donors (Lipinski definition) is 1. The molecule has 2 nitrogen and oxygen atoms in total. The van der Waals surface area contributed by atoms with Crippen LogP contribution in [-0.2, 0) is 4.74 Å². The summed E-state index contributed by atoms with van der Waals surface area (Å²) in [6, 6.07) is 10.7. The lowest BCUT2D eigenvalue weighted by atomic mass is 10.3. The molecule has 0 spiro atoms. The Bertz CT molecular complexity index is 327. The second-order valence-electron chi connectivity index (χ2n) is 2.71. The van der Waals surface area contributed by atoms with E-state index >= 15 is 0 Å². The molecule has 1 aliphatic rings. The van der Waals surface area contributed by atoms with Gasteiger partial charge in [-0.25, -0.2) is 0 Å². The number of nitrogens with one attached hydrogen (secondary N) is 1. The van der Waals surface area contributed by atoms with Gasteiger partial charge in [0.15, 0.2) is 0 Å². The molecule has 0 fully saturated rings. The predicted octanol–water partition coefficient (Wildman–Crippen LogP) is 2.33. The molecule has 0 bridgehead atoms. The van der Waals surface area contributed by atoms with E-state index in [-0.39, 0.29) is 0 Å². The van der Waals surface area contributed by atoms with Crippen LogP contribution >= 0.6 is 0 Å². The number of anilines is 1. The SMILES string of the molecule is [c]1cccc(NC2=CCOC=C2)c1. The van der Waals surface area contributed by atoms with Crippen LogP contribution in [0, 0.1) is 6.07 Å². The molecule has 65 valence electrons. The molecule has 1 heterocycles. The lowest BCUT2D eigenvalue weighted by Crippen LogP contribution is -2.01. The van der Waals surface area contributed by atoms with E-state index in [0.29, 0.717) is 6.61 Å². The second-order valence-corrected chi connectivity index (χ2v) is 2.71. The second kappa shape index (κ2) is 3.81. The lowest BCUT2D eigenvalue weighted by molar-refractivity contribution is 0.284. The van der Waals surface area contributed by atoms with E-state index in [0.717, 1.165) is 11.4 Å². The van der Waals surface area contributed by atoms with E-state index in [1.807, 2.05) is 36.4 Å². The summed E-state index contributed by atoms with van der Waals surface area (Å²) in [6.45, 7) is 0.634. The molecule has 0 unspecified atom stereocenters. The Morgan fingerprint density at radius 3 is 3.15 bits per heavy atom. The molecule has 0 amide bonds. The summed E-state index contributed by atoms with van der Waals surface area (Å²) in [4.78, 5) is 0. The highest BCUT2D eigenvalue weighted by Crippen LogP contribution is 2.11. The van der Waals surface area contributed by atoms with Crippen molar-refractivity contribution >= 4 is 5.69 Å². The molecular formula is C11H10NO. The molecule has 0 saturated carbocycles. The molecule has 0 aromatic heterocycles. The number of allylic oxidation sites excluding steroid dienone is 1. The van der Waals surface area contributed by atoms with Gasteiger partial charge in [-0.3, -0.25) is 0 Å². The first kappa shape index (κ1) is 7.92. The zero-order chi connectivity index (χ0) is 8.93. The molecule has 0 aliphatic carbocycles. The van der Waals surface area contributed by atoms with Crippen LogP contribution in [0.2, 0.25) is 0 Å². The number of hydrogen-bond acceptors (Lipinski definition) is 2. The normalized spacial score (nSPS) is 14.6. The Balaban J connectivity index is 2.06. The summed E-state index contributed by atoms with van der Waals surface area (Å²) in [5.41, 5.74) is 2.10. The van der Waals surface area contributed by atoms with Crippen molar-refractivity contribution in [2.75, 3.05) is 11.9 Å². The zero-order valence-corrected chi connectivity index (χ0v) is 7.16. The number of benzene rings is 1. The Labute approximate surface area is 77.5 Å². The van der Waals surface area contributed by atoms with Crippen LogP contribution in [0.25, 0.3) is 0 Å². The Kier molecular flexibility index (Phi) is 2.32. The van der Waals surface area contributed by atoms with Gasteiger partial charge in [-0.2, -0.15) is 0 Å². The molecule has 1 aromatic rings. The molecule has 0 saturated heterocycles. The molecule has 1 radical (unpaired) electrons. The van der Waals surface area contributed by atoms with Crippen LogP contribution < -0.4 is 5.32 Å². The van der Waals surface area contributed by atoms with Crippen molar-refractivity contribution in [2.45, 2.75) is 0 Å². The van der Waals surface area contributed by atoms with Crippen molar-refractivity contribution < 1.29 is 4.74 Å². The largest absolute Gasteiger partial charge is 0.497 e. The third-order valence-electron chi connectivity index (χ3n) is 1.74. The van der Waals surface area contributed by atoms with Gasteiger partial charge in [0.2, 0.25) is 0 Å². The highest BCUT2D eigenvalue weighted by molar-refractivity contribution is 5.50. The maximum Gasteiger partial charge on any atom is 0.108 e. The van der Waals surface area contributed by atoms with Crippen LogP contribution in [0.3, 0.4) is 0 Å². The van der Waals surface area contributed by atoms with Gasteiger partial charge in [-0.05, 0) is 30.4 Å². The Hall–Kier alpha value is -1.70. The third kappa shape index (κ3) is 2.12. The van der Waals surface area contributed by atoms with Gasteiger partial charge in [0, 0.05) is 11.4 Å². The van der Waals surface area contributed by atoms with Crippen molar-refractivity contribution in [2.24, 2.45) is 0 Å². The fourth-order valence-corrected chi connectivity index (χ4v) is 1.11. The first-order valence-corrected chi connectivity index (χ1v) is 4.16.